The molecule has 0 bridgehead atoms. The first-order valence-corrected chi connectivity index (χ1v) is 4.80. The van der Waals surface area contributed by atoms with Crippen molar-refractivity contribution in [1.82, 2.24) is 10.2 Å². The van der Waals surface area contributed by atoms with Crippen molar-refractivity contribution < 1.29 is 14.7 Å². The highest BCUT2D eigenvalue weighted by atomic mass is 16.3. The van der Waals surface area contributed by atoms with Gasteiger partial charge in [0.1, 0.15) is 0 Å². The molecule has 5 nitrogen and oxygen atoms in total. The number of carbonyl (C=O) groups excluding carboxylic acids is 2. The van der Waals surface area contributed by atoms with E-state index in [1.807, 2.05) is 0 Å². The van der Waals surface area contributed by atoms with Gasteiger partial charge in [0.15, 0.2) is 0 Å². The van der Waals surface area contributed by atoms with E-state index < -0.39 is 0 Å². The van der Waals surface area contributed by atoms with Crippen LogP contribution in [0, 0.1) is 0 Å². The Kier molecular flexibility index (Phi) is 3.88. The molecule has 2 N–H and O–H groups in total. The average molecular weight is 200 g/mol. The van der Waals surface area contributed by atoms with Crippen molar-refractivity contribution in [3.8, 4) is 0 Å². The van der Waals surface area contributed by atoms with E-state index in [1.54, 1.807) is 4.90 Å². The molecule has 1 aliphatic rings. The molecule has 0 aromatic carbocycles. The van der Waals surface area contributed by atoms with Gasteiger partial charge in [-0.1, -0.05) is 0 Å². The molecular weight excluding hydrogens is 184 g/mol. The first kappa shape index (κ1) is 11.0. The third-order valence-electron chi connectivity index (χ3n) is 2.40. The fourth-order valence-electron chi connectivity index (χ4n) is 1.55. The minimum absolute atomic E-state index is 0.0243. The first-order valence-electron chi connectivity index (χ1n) is 4.80. The Morgan fingerprint density at radius 3 is 2.71 bits per heavy atom. The maximum Gasteiger partial charge on any atom is 0.222 e. The van der Waals surface area contributed by atoms with Crippen molar-refractivity contribution in [3.05, 3.63) is 0 Å². The molecule has 1 aliphatic heterocycles. The van der Waals surface area contributed by atoms with Gasteiger partial charge in [-0.3, -0.25) is 9.59 Å². The van der Waals surface area contributed by atoms with E-state index >= 15 is 0 Å². The van der Waals surface area contributed by atoms with E-state index in [0.717, 1.165) is 13.0 Å². The summed E-state index contributed by atoms with van der Waals surface area (Å²) in [6.07, 6.45) is 1.24. The fourth-order valence-corrected chi connectivity index (χ4v) is 1.55. The predicted molar refractivity (Wildman–Crippen MR) is 50.5 cm³/mol. The van der Waals surface area contributed by atoms with Gasteiger partial charge < -0.3 is 15.3 Å². The van der Waals surface area contributed by atoms with Crippen LogP contribution in [0.15, 0.2) is 0 Å². The molecule has 5 heteroatoms. The molecule has 0 aliphatic carbocycles. The summed E-state index contributed by atoms with van der Waals surface area (Å²) in [4.78, 5) is 23.9. The number of aliphatic hydroxyl groups is 1. The summed E-state index contributed by atoms with van der Waals surface area (Å²) in [7, 11) is 0. The summed E-state index contributed by atoms with van der Waals surface area (Å²) in [5.74, 6) is -0.0776. The molecule has 14 heavy (non-hydrogen) atoms. The van der Waals surface area contributed by atoms with Crippen LogP contribution in [-0.4, -0.2) is 47.6 Å². The molecule has 1 rings (SSSR count). The summed E-state index contributed by atoms with van der Waals surface area (Å²) in [6.45, 7) is 2.50. The van der Waals surface area contributed by atoms with Crippen LogP contribution >= 0.6 is 0 Å². The second kappa shape index (κ2) is 4.95. The lowest BCUT2D eigenvalue weighted by Crippen LogP contribution is -2.52. The maximum atomic E-state index is 11.2. The third kappa shape index (κ3) is 2.70. The lowest BCUT2D eigenvalue weighted by Gasteiger charge is -2.40. The largest absolute Gasteiger partial charge is 0.395 e. The fraction of sp³-hybridized carbons (Fsp3) is 0.778. The Morgan fingerprint density at radius 1 is 1.57 bits per heavy atom. The SMILES string of the molecule is CC(=O)N1CCC1CC(=O)NCCO. The van der Waals surface area contributed by atoms with Gasteiger partial charge in [0.2, 0.25) is 11.8 Å². The highest BCUT2D eigenvalue weighted by Gasteiger charge is 2.31. The van der Waals surface area contributed by atoms with Gasteiger partial charge >= 0.3 is 0 Å². The molecule has 1 unspecified atom stereocenters. The Bertz CT molecular complexity index is 230. The highest BCUT2D eigenvalue weighted by Crippen LogP contribution is 2.20. The molecule has 0 radical (unpaired) electrons. The summed E-state index contributed by atoms with van der Waals surface area (Å²) in [6, 6.07) is 0.0613. The van der Waals surface area contributed by atoms with Gasteiger partial charge in [0, 0.05) is 32.5 Å². The van der Waals surface area contributed by atoms with Crippen molar-refractivity contribution in [2.24, 2.45) is 0 Å². The van der Waals surface area contributed by atoms with Crippen LogP contribution in [0.3, 0.4) is 0 Å². The average Bonchev–Trinajstić information content (AvgIpc) is 2.08. The number of hydrogen-bond donors (Lipinski definition) is 2. The van der Waals surface area contributed by atoms with Crippen molar-refractivity contribution in [2.75, 3.05) is 19.7 Å². The van der Waals surface area contributed by atoms with Crippen LogP contribution in [0.2, 0.25) is 0 Å². The van der Waals surface area contributed by atoms with Gasteiger partial charge in [0.05, 0.1) is 6.61 Å². The first-order chi connectivity index (χ1) is 6.65. The zero-order valence-electron chi connectivity index (χ0n) is 8.32. The third-order valence-corrected chi connectivity index (χ3v) is 2.40. The van der Waals surface area contributed by atoms with Crippen molar-refractivity contribution >= 4 is 11.8 Å². The molecular formula is C9H16N2O3. The van der Waals surface area contributed by atoms with Crippen molar-refractivity contribution in [3.63, 3.8) is 0 Å². The number of nitrogens with one attached hydrogen (secondary N) is 1. The number of nitrogens with zero attached hydrogens (tertiary/aromatic N) is 1. The molecule has 80 valence electrons. The van der Waals surface area contributed by atoms with Crippen LogP contribution in [0.4, 0.5) is 0 Å². The molecule has 1 fully saturated rings. The number of amides is 2. The second-order valence-corrected chi connectivity index (χ2v) is 3.43. The van der Waals surface area contributed by atoms with Crippen LogP contribution in [-0.2, 0) is 9.59 Å². The predicted octanol–water partition coefficient (Wildman–Crippen LogP) is -0.894. The van der Waals surface area contributed by atoms with E-state index in [0.29, 0.717) is 6.42 Å². The van der Waals surface area contributed by atoms with E-state index in [2.05, 4.69) is 5.32 Å². The second-order valence-electron chi connectivity index (χ2n) is 3.43. The topological polar surface area (TPSA) is 69.6 Å². The summed E-state index contributed by atoms with van der Waals surface area (Å²) < 4.78 is 0. The Morgan fingerprint density at radius 2 is 2.29 bits per heavy atom. The molecule has 0 saturated carbocycles. The van der Waals surface area contributed by atoms with E-state index in [1.165, 1.54) is 6.92 Å². The number of carbonyl (C=O) groups is 2. The highest BCUT2D eigenvalue weighted by molar-refractivity contribution is 5.79. The van der Waals surface area contributed by atoms with Gasteiger partial charge in [0.25, 0.3) is 0 Å². The lowest BCUT2D eigenvalue weighted by molar-refractivity contribution is -0.138. The quantitative estimate of drug-likeness (QED) is 0.618. The molecule has 1 heterocycles. The summed E-state index contributed by atoms with van der Waals surface area (Å²) in [5.41, 5.74) is 0. The van der Waals surface area contributed by atoms with E-state index in [4.69, 9.17) is 5.11 Å². The van der Waals surface area contributed by atoms with E-state index in [9.17, 15) is 9.59 Å². The normalized spacial score (nSPS) is 20.1. The van der Waals surface area contributed by atoms with Gasteiger partial charge in [-0.15, -0.1) is 0 Å². The Labute approximate surface area is 83.1 Å². The minimum atomic E-state index is -0.102. The van der Waals surface area contributed by atoms with Crippen LogP contribution in [0.1, 0.15) is 19.8 Å². The monoisotopic (exact) mass is 200 g/mol. The zero-order chi connectivity index (χ0) is 10.6. The lowest BCUT2D eigenvalue weighted by atomic mass is 9.99. The maximum absolute atomic E-state index is 11.2. The number of likely N-dealkylation sites (tertiary alicyclic amines) is 1. The van der Waals surface area contributed by atoms with Crippen LogP contribution < -0.4 is 5.32 Å². The van der Waals surface area contributed by atoms with Crippen molar-refractivity contribution in [1.29, 1.82) is 0 Å². The molecule has 0 aromatic rings. The Hall–Kier alpha value is -1.10. The summed E-state index contributed by atoms with van der Waals surface area (Å²) in [5, 5.41) is 11.0. The van der Waals surface area contributed by atoms with Gasteiger partial charge in [-0.05, 0) is 6.42 Å². The Balaban J connectivity index is 2.24. The van der Waals surface area contributed by atoms with E-state index in [-0.39, 0.29) is 31.0 Å². The summed E-state index contributed by atoms with van der Waals surface area (Å²) >= 11 is 0. The molecule has 0 spiro atoms. The number of hydrogen-bond acceptors (Lipinski definition) is 3. The number of rotatable bonds is 4. The molecule has 2 amide bonds. The molecule has 0 aromatic heterocycles. The standard InChI is InChI=1S/C9H16N2O3/c1-7(13)11-4-2-8(11)6-9(14)10-3-5-12/h8,12H,2-6H2,1H3,(H,10,14). The minimum Gasteiger partial charge on any atom is -0.395 e. The van der Waals surface area contributed by atoms with Crippen molar-refractivity contribution in [2.45, 2.75) is 25.8 Å². The van der Waals surface area contributed by atoms with Gasteiger partial charge in [-0.2, -0.15) is 0 Å². The molecule has 1 atom stereocenters. The van der Waals surface area contributed by atoms with Crippen LogP contribution in [0.5, 0.6) is 0 Å². The smallest absolute Gasteiger partial charge is 0.222 e. The molecule has 1 saturated heterocycles. The van der Waals surface area contributed by atoms with Gasteiger partial charge in [-0.25, -0.2) is 0 Å². The zero-order valence-corrected chi connectivity index (χ0v) is 8.32. The number of aliphatic hydroxyl groups excluding tert-OH is 1. The van der Waals surface area contributed by atoms with Crippen LogP contribution in [0.25, 0.3) is 0 Å².